The molecule has 0 aliphatic carbocycles. The summed E-state index contributed by atoms with van der Waals surface area (Å²) in [7, 11) is -3.25. The molecule has 5 nitrogen and oxygen atoms in total. The van der Waals surface area contributed by atoms with Crippen LogP contribution in [0.2, 0.25) is 0 Å². The summed E-state index contributed by atoms with van der Waals surface area (Å²) < 4.78 is 22.4. The van der Waals surface area contributed by atoms with E-state index in [1.54, 1.807) is 6.92 Å². The van der Waals surface area contributed by atoms with Crippen molar-refractivity contribution in [1.29, 1.82) is 0 Å². The van der Waals surface area contributed by atoms with Crippen molar-refractivity contribution in [3.05, 3.63) is 17.8 Å². The summed E-state index contributed by atoms with van der Waals surface area (Å²) in [5, 5.41) is 2.51. The lowest BCUT2D eigenvalue weighted by Gasteiger charge is -2.06. The molecule has 1 rings (SSSR count). The summed E-state index contributed by atoms with van der Waals surface area (Å²) in [6.07, 6.45) is 2.34. The number of aromatic nitrogens is 1. The summed E-state index contributed by atoms with van der Waals surface area (Å²) in [6, 6.07) is 1.48. The van der Waals surface area contributed by atoms with Gasteiger partial charge in [-0.05, 0) is 18.6 Å². The molecule has 0 aromatic carbocycles. The zero-order valence-electron chi connectivity index (χ0n) is 10.7. The molecule has 1 aromatic rings. The van der Waals surface area contributed by atoms with E-state index in [4.69, 9.17) is 0 Å². The first kappa shape index (κ1) is 15.6. The predicted octanol–water partition coefficient (Wildman–Crippen LogP) is 1.78. The number of pyridine rings is 1. The molecule has 0 spiro atoms. The van der Waals surface area contributed by atoms with E-state index in [9.17, 15) is 13.2 Å². The molecule has 0 atom stereocenters. The molecule has 0 radical (unpaired) electrons. The molecule has 0 unspecified atom stereocenters. The minimum atomic E-state index is -3.25. The third-order valence-electron chi connectivity index (χ3n) is 1.78. The average Bonchev–Trinajstić information content (AvgIpc) is 2.22. The molecule has 6 heteroatoms. The molecule has 1 N–H and O–H groups in total. The van der Waals surface area contributed by atoms with Crippen LogP contribution in [0.4, 0.5) is 5.82 Å². The van der Waals surface area contributed by atoms with Crippen LogP contribution >= 0.6 is 0 Å². The molecular weight excluding hydrogens is 240 g/mol. The van der Waals surface area contributed by atoms with Crippen LogP contribution < -0.4 is 5.32 Å². The second kappa shape index (κ2) is 6.34. The van der Waals surface area contributed by atoms with Crippen molar-refractivity contribution in [2.75, 3.05) is 11.6 Å². The third-order valence-corrected chi connectivity index (χ3v) is 2.86. The molecule has 1 heterocycles. The molecule has 0 bridgehead atoms. The van der Waals surface area contributed by atoms with Gasteiger partial charge in [0.15, 0.2) is 9.84 Å². The van der Waals surface area contributed by atoms with E-state index in [0.717, 1.165) is 6.26 Å². The highest BCUT2D eigenvalue weighted by Gasteiger charge is 2.10. The van der Waals surface area contributed by atoms with Crippen LogP contribution in [0.1, 0.15) is 26.3 Å². The number of nitrogens with zero attached hydrogens (tertiary/aromatic N) is 1. The van der Waals surface area contributed by atoms with Gasteiger partial charge in [-0.15, -0.1) is 0 Å². The minimum Gasteiger partial charge on any atom is -0.311 e. The van der Waals surface area contributed by atoms with Gasteiger partial charge >= 0.3 is 0 Å². The standard InChI is InChI=1S/C9H12N2O3S.C2H6/c1-6-4-8(15(3,13)14)5-10-9(6)11-7(2)12;1-2/h4-5H,1-3H3,(H,10,11,12);1-2H3. The maximum Gasteiger partial charge on any atom is 0.222 e. The smallest absolute Gasteiger partial charge is 0.222 e. The Balaban J connectivity index is 0.00000121. The zero-order chi connectivity index (χ0) is 13.6. The molecular formula is C11H18N2O3S. The SMILES string of the molecule is CC.CC(=O)Nc1ncc(S(C)(=O)=O)cc1C. The lowest BCUT2D eigenvalue weighted by molar-refractivity contribution is -0.114. The quantitative estimate of drug-likeness (QED) is 0.877. The van der Waals surface area contributed by atoms with E-state index in [2.05, 4.69) is 10.3 Å². The van der Waals surface area contributed by atoms with Crippen LogP contribution in [0.5, 0.6) is 0 Å². The molecule has 0 fully saturated rings. The van der Waals surface area contributed by atoms with Gasteiger partial charge in [-0.3, -0.25) is 4.79 Å². The summed E-state index contributed by atoms with van der Waals surface area (Å²) in [4.78, 5) is 14.8. The summed E-state index contributed by atoms with van der Waals surface area (Å²) in [5.41, 5.74) is 0.619. The van der Waals surface area contributed by atoms with E-state index >= 15 is 0 Å². The Morgan fingerprint density at radius 3 is 2.24 bits per heavy atom. The fourth-order valence-electron chi connectivity index (χ4n) is 1.05. The Morgan fingerprint density at radius 1 is 1.35 bits per heavy atom. The number of aryl methyl sites for hydroxylation is 1. The van der Waals surface area contributed by atoms with Gasteiger partial charge in [0, 0.05) is 19.4 Å². The van der Waals surface area contributed by atoms with Gasteiger partial charge in [0.05, 0.1) is 4.90 Å². The highest BCUT2D eigenvalue weighted by atomic mass is 32.2. The molecule has 0 aliphatic heterocycles. The van der Waals surface area contributed by atoms with Crippen molar-refractivity contribution in [3.63, 3.8) is 0 Å². The second-order valence-electron chi connectivity index (χ2n) is 3.29. The van der Waals surface area contributed by atoms with Crippen LogP contribution in [0.15, 0.2) is 17.2 Å². The molecule has 1 aromatic heterocycles. The Morgan fingerprint density at radius 2 is 1.88 bits per heavy atom. The van der Waals surface area contributed by atoms with Crippen LogP contribution in [0.3, 0.4) is 0 Å². The Hall–Kier alpha value is -1.43. The monoisotopic (exact) mass is 258 g/mol. The van der Waals surface area contributed by atoms with Gasteiger partial charge in [0.2, 0.25) is 5.91 Å². The van der Waals surface area contributed by atoms with E-state index in [0.29, 0.717) is 11.4 Å². The highest BCUT2D eigenvalue weighted by molar-refractivity contribution is 7.90. The first-order valence-electron chi connectivity index (χ1n) is 5.25. The number of hydrogen-bond donors (Lipinski definition) is 1. The average molecular weight is 258 g/mol. The van der Waals surface area contributed by atoms with Gasteiger partial charge in [0.1, 0.15) is 5.82 Å². The zero-order valence-corrected chi connectivity index (χ0v) is 11.6. The number of hydrogen-bond acceptors (Lipinski definition) is 4. The van der Waals surface area contributed by atoms with Crippen molar-refractivity contribution in [2.45, 2.75) is 32.6 Å². The maximum absolute atomic E-state index is 11.2. The summed E-state index contributed by atoms with van der Waals surface area (Å²) >= 11 is 0. The second-order valence-corrected chi connectivity index (χ2v) is 5.31. The van der Waals surface area contributed by atoms with Crippen LogP contribution in [0.25, 0.3) is 0 Å². The van der Waals surface area contributed by atoms with Gasteiger partial charge < -0.3 is 5.32 Å². The van der Waals surface area contributed by atoms with Gasteiger partial charge in [-0.1, -0.05) is 13.8 Å². The molecule has 0 saturated carbocycles. The lowest BCUT2D eigenvalue weighted by Crippen LogP contribution is -2.10. The van der Waals surface area contributed by atoms with E-state index in [1.165, 1.54) is 19.2 Å². The number of rotatable bonds is 2. The third kappa shape index (κ3) is 4.95. The maximum atomic E-state index is 11.2. The number of carbonyl (C=O) groups excluding carboxylic acids is 1. The van der Waals surface area contributed by atoms with Gasteiger partial charge in [-0.25, -0.2) is 13.4 Å². The first-order valence-corrected chi connectivity index (χ1v) is 7.14. The molecule has 1 amide bonds. The molecule has 17 heavy (non-hydrogen) atoms. The Bertz CT molecular complexity index is 495. The topological polar surface area (TPSA) is 76.1 Å². The number of carbonyl (C=O) groups is 1. The van der Waals surface area contributed by atoms with Crippen molar-refractivity contribution >= 4 is 21.6 Å². The molecule has 96 valence electrons. The van der Waals surface area contributed by atoms with Crippen molar-refractivity contribution in [2.24, 2.45) is 0 Å². The number of sulfone groups is 1. The highest BCUT2D eigenvalue weighted by Crippen LogP contribution is 2.16. The van der Waals surface area contributed by atoms with Crippen LogP contribution in [0, 0.1) is 6.92 Å². The van der Waals surface area contributed by atoms with Crippen molar-refractivity contribution < 1.29 is 13.2 Å². The van der Waals surface area contributed by atoms with E-state index in [-0.39, 0.29) is 10.8 Å². The van der Waals surface area contributed by atoms with Gasteiger partial charge in [0.25, 0.3) is 0 Å². The lowest BCUT2D eigenvalue weighted by atomic mass is 10.3. The van der Waals surface area contributed by atoms with Crippen molar-refractivity contribution in [1.82, 2.24) is 4.98 Å². The number of anilines is 1. The molecule has 0 aliphatic rings. The van der Waals surface area contributed by atoms with Crippen LogP contribution in [-0.2, 0) is 14.6 Å². The van der Waals surface area contributed by atoms with E-state index < -0.39 is 9.84 Å². The fraction of sp³-hybridized carbons (Fsp3) is 0.455. The normalized spacial score (nSPS) is 10.2. The fourth-order valence-corrected chi connectivity index (χ4v) is 1.68. The predicted molar refractivity (Wildman–Crippen MR) is 67.7 cm³/mol. The largest absolute Gasteiger partial charge is 0.311 e. The minimum absolute atomic E-state index is 0.147. The summed E-state index contributed by atoms with van der Waals surface area (Å²) in [5.74, 6) is 0.146. The Labute approximate surface area is 102 Å². The van der Waals surface area contributed by atoms with Crippen LogP contribution in [-0.4, -0.2) is 25.6 Å². The summed E-state index contributed by atoms with van der Waals surface area (Å²) in [6.45, 7) is 7.05. The Kier molecular flexibility index (Phi) is 5.81. The van der Waals surface area contributed by atoms with E-state index in [1.807, 2.05) is 13.8 Å². The van der Waals surface area contributed by atoms with Gasteiger partial charge in [-0.2, -0.15) is 0 Å². The number of nitrogens with one attached hydrogen (secondary N) is 1. The first-order chi connectivity index (χ1) is 7.80. The van der Waals surface area contributed by atoms with Crippen molar-refractivity contribution in [3.8, 4) is 0 Å². The number of amides is 1. The molecule has 0 saturated heterocycles.